The summed E-state index contributed by atoms with van der Waals surface area (Å²) in [4.78, 5) is 0. The Morgan fingerprint density at radius 3 is 2.47 bits per heavy atom. The van der Waals surface area contributed by atoms with Gasteiger partial charge in [0, 0.05) is 16.4 Å². The maximum absolute atomic E-state index is 8.75. The summed E-state index contributed by atoms with van der Waals surface area (Å²) in [6, 6.07) is 3.81. The summed E-state index contributed by atoms with van der Waals surface area (Å²) in [7, 11) is 0. The fraction of sp³-hybridized carbons (Fsp3) is 0.500. The van der Waals surface area contributed by atoms with Gasteiger partial charge in [-0.3, -0.25) is 0 Å². The van der Waals surface area contributed by atoms with Gasteiger partial charge in [0.1, 0.15) is 0 Å². The molecule has 1 aliphatic heterocycles. The van der Waals surface area contributed by atoms with Crippen LogP contribution in [0.4, 0.5) is 0 Å². The molecule has 2 N–H and O–H groups in total. The van der Waals surface area contributed by atoms with E-state index in [9.17, 15) is 0 Å². The molecule has 4 nitrogen and oxygen atoms in total. The minimum atomic E-state index is 0.251. The number of hydrogen-bond donors (Lipinski definition) is 2. The van der Waals surface area contributed by atoms with Gasteiger partial charge >= 0.3 is 0 Å². The lowest BCUT2D eigenvalue weighted by Gasteiger charge is -2.10. The van der Waals surface area contributed by atoms with Crippen molar-refractivity contribution in [3.8, 4) is 11.5 Å². The van der Waals surface area contributed by atoms with Gasteiger partial charge in [0.2, 0.25) is 0 Å². The van der Waals surface area contributed by atoms with Crippen molar-refractivity contribution >= 4 is 15.9 Å². The number of nitrogens with one attached hydrogen (secondary N) is 1. The molecular weight excluding hydrogens is 286 g/mol. The van der Waals surface area contributed by atoms with E-state index < -0.39 is 0 Å². The molecule has 0 unspecified atom stereocenters. The Morgan fingerprint density at radius 1 is 1.24 bits per heavy atom. The molecule has 1 spiro atoms. The average molecular weight is 300 g/mol. The first kappa shape index (κ1) is 11.3. The van der Waals surface area contributed by atoms with Crippen LogP contribution in [0.25, 0.3) is 0 Å². The number of ether oxygens (including phenoxy) is 2. The molecule has 0 amide bonds. The first-order valence-corrected chi connectivity index (χ1v) is 6.47. The first-order valence-electron chi connectivity index (χ1n) is 5.67. The van der Waals surface area contributed by atoms with E-state index in [1.165, 1.54) is 12.8 Å². The van der Waals surface area contributed by atoms with Crippen LogP contribution in [0.1, 0.15) is 18.4 Å². The van der Waals surface area contributed by atoms with Crippen molar-refractivity contribution in [1.29, 1.82) is 0 Å². The molecule has 5 heteroatoms. The summed E-state index contributed by atoms with van der Waals surface area (Å²) in [5.74, 6) is 1.55. The zero-order valence-corrected chi connectivity index (χ0v) is 10.9. The van der Waals surface area contributed by atoms with Crippen LogP contribution in [0.15, 0.2) is 16.6 Å². The zero-order chi connectivity index (χ0) is 11.9. The molecule has 92 valence electrons. The molecule has 0 bridgehead atoms. The third kappa shape index (κ3) is 2.14. The van der Waals surface area contributed by atoms with Crippen molar-refractivity contribution in [3.05, 3.63) is 22.2 Å². The van der Waals surface area contributed by atoms with Crippen LogP contribution in [0.2, 0.25) is 0 Å². The Kier molecular flexibility index (Phi) is 2.77. The first-order chi connectivity index (χ1) is 8.22. The number of benzene rings is 1. The van der Waals surface area contributed by atoms with Crippen molar-refractivity contribution in [2.24, 2.45) is 5.41 Å². The maximum atomic E-state index is 8.75. The fourth-order valence-electron chi connectivity index (χ4n) is 1.99. The van der Waals surface area contributed by atoms with E-state index >= 15 is 0 Å². The average Bonchev–Trinajstić information content (AvgIpc) is 3.10. The minimum Gasteiger partial charge on any atom is -0.489 e. The molecule has 1 aromatic rings. The van der Waals surface area contributed by atoms with E-state index in [2.05, 4.69) is 21.4 Å². The molecular formula is C12H14BrNO3. The van der Waals surface area contributed by atoms with Gasteiger partial charge in [-0.2, -0.15) is 0 Å². The van der Waals surface area contributed by atoms with Crippen LogP contribution in [0.5, 0.6) is 11.5 Å². The highest BCUT2D eigenvalue weighted by atomic mass is 79.9. The quantitative estimate of drug-likeness (QED) is 0.824. The molecule has 1 saturated carbocycles. The lowest BCUT2D eigenvalue weighted by molar-refractivity contribution is 0.161. The van der Waals surface area contributed by atoms with Crippen LogP contribution in [0, 0.1) is 5.41 Å². The van der Waals surface area contributed by atoms with Gasteiger partial charge in [0.25, 0.3) is 0 Å². The SMILES string of the molecule is ONCc1cc2c(cc1Br)OCC1(CC1)CO2. The van der Waals surface area contributed by atoms with Gasteiger partial charge in [0.15, 0.2) is 11.5 Å². The van der Waals surface area contributed by atoms with Crippen LogP contribution in [0.3, 0.4) is 0 Å². The lowest BCUT2D eigenvalue weighted by atomic mass is 10.1. The van der Waals surface area contributed by atoms with E-state index in [-0.39, 0.29) is 5.41 Å². The molecule has 0 atom stereocenters. The van der Waals surface area contributed by atoms with E-state index in [4.69, 9.17) is 14.7 Å². The summed E-state index contributed by atoms with van der Waals surface area (Å²) in [6.07, 6.45) is 2.38. The largest absolute Gasteiger partial charge is 0.489 e. The number of hydroxylamine groups is 1. The van der Waals surface area contributed by atoms with Gasteiger partial charge < -0.3 is 14.7 Å². The second kappa shape index (κ2) is 4.15. The van der Waals surface area contributed by atoms with E-state index in [0.29, 0.717) is 6.54 Å². The topological polar surface area (TPSA) is 50.7 Å². The minimum absolute atomic E-state index is 0.251. The third-order valence-electron chi connectivity index (χ3n) is 3.41. The number of rotatable bonds is 2. The van der Waals surface area contributed by atoms with Crippen molar-refractivity contribution in [2.45, 2.75) is 19.4 Å². The molecule has 0 radical (unpaired) electrons. The molecule has 1 aromatic carbocycles. The molecule has 2 aliphatic rings. The normalized spacial score (nSPS) is 20.1. The smallest absolute Gasteiger partial charge is 0.162 e. The predicted octanol–water partition coefficient (Wildman–Crippen LogP) is 2.48. The summed E-state index contributed by atoms with van der Waals surface area (Å²) in [5.41, 5.74) is 3.35. The summed E-state index contributed by atoms with van der Waals surface area (Å²) in [5, 5.41) is 8.75. The number of hydrogen-bond acceptors (Lipinski definition) is 4. The van der Waals surface area contributed by atoms with Crippen molar-refractivity contribution < 1.29 is 14.7 Å². The Bertz CT molecular complexity index is 446. The Hall–Kier alpha value is -0.780. The Labute approximate surface area is 108 Å². The molecule has 1 aliphatic carbocycles. The number of fused-ring (bicyclic) bond motifs is 1. The van der Waals surface area contributed by atoms with Crippen LogP contribution < -0.4 is 15.0 Å². The highest BCUT2D eigenvalue weighted by molar-refractivity contribution is 9.10. The molecule has 1 fully saturated rings. The van der Waals surface area contributed by atoms with E-state index in [1.807, 2.05) is 12.1 Å². The summed E-state index contributed by atoms with van der Waals surface area (Å²) >= 11 is 3.46. The second-order valence-electron chi connectivity index (χ2n) is 4.80. The third-order valence-corrected chi connectivity index (χ3v) is 4.15. The highest BCUT2D eigenvalue weighted by Gasteiger charge is 2.46. The molecule has 3 rings (SSSR count). The standard InChI is InChI=1S/C12H14BrNO3/c13-9-4-11-10(3-8(9)5-14-15)16-6-12(1-2-12)7-17-11/h3-4,14-15H,1-2,5-7H2. The van der Waals surface area contributed by atoms with E-state index in [1.54, 1.807) is 0 Å². The summed E-state index contributed by atoms with van der Waals surface area (Å²) < 4.78 is 12.5. The van der Waals surface area contributed by atoms with Crippen LogP contribution in [-0.2, 0) is 6.54 Å². The van der Waals surface area contributed by atoms with Crippen molar-refractivity contribution in [2.75, 3.05) is 13.2 Å². The highest BCUT2D eigenvalue weighted by Crippen LogP contribution is 2.49. The van der Waals surface area contributed by atoms with Gasteiger partial charge in [-0.15, -0.1) is 0 Å². The lowest BCUT2D eigenvalue weighted by Crippen LogP contribution is -2.17. The van der Waals surface area contributed by atoms with Crippen LogP contribution >= 0.6 is 15.9 Å². The van der Waals surface area contributed by atoms with Gasteiger partial charge in [-0.05, 0) is 30.5 Å². The summed E-state index contributed by atoms with van der Waals surface area (Å²) in [6.45, 7) is 1.85. The monoisotopic (exact) mass is 299 g/mol. The van der Waals surface area contributed by atoms with Crippen LogP contribution in [-0.4, -0.2) is 18.4 Å². The maximum Gasteiger partial charge on any atom is 0.162 e. The molecule has 1 heterocycles. The molecule has 17 heavy (non-hydrogen) atoms. The Balaban J connectivity index is 1.90. The fourth-order valence-corrected chi connectivity index (χ4v) is 2.45. The van der Waals surface area contributed by atoms with E-state index in [0.717, 1.165) is 34.7 Å². The second-order valence-corrected chi connectivity index (χ2v) is 5.66. The van der Waals surface area contributed by atoms with Crippen molar-refractivity contribution in [1.82, 2.24) is 5.48 Å². The van der Waals surface area contributed by atoms with Gasteiger partial charge in [-0.1, -0.05) is 15.9 Å². The van der Waals surface area contributed by atoms with Crippen molar-refractivity contribution in [3.63, 3.8) is 0 Å². The Morgan fingerprint density at radius 2 is 1.88 bits per heavy atom. The number of halogens is 1. The van der Waals surface area contributed by atoms with Gasteiger partial charge in [-0.25, -0.2) is 5.48 Å². The molecule has 0 saturated heterocycles. The zero-order valence-electron chi connectivity index (χ0n) is 9.33. The predicted molar refractivity (Wildman–Crippen MR) is 65.4 cm³/mol. The van der Waals surface area contributed by atoms with Gasteiger partial charge in [0.05, 0.1) is 13.2 Å². The molecule has 0 aromatic heterocycles.